The van der Waals surface area contributed by atoms with Crippen molar-refractivity contribution in [1.82, 2.24) is 9.29 Å². The third kappa shape index (κ3) is 6.83. The van der Waals surface area contributed by atoms with Crippen molar-refractivity contribution < 1.29 is 22.9 Å². The van der Waals surface area contributed by atoms with Gasteiger partial charge in [0.2, 0.25) is 5.91 Å². The number of halogens is 1. The van der Waals surface area contributed by atoms with Gasteiger partial charge in [-0.3, -0.25) is 9.78 Å². The fraction of sp³-hybridized carbons (Fsp3) is 0.281. The number of amides is 1. The number of nitrogens with one attached hydrogen (secondary N) is 2. The topological polar surface area (TPSA) is 101 Å². The lowest BCUT2D eigenvalue weighted by Gasteiger charge is -2.14. The number of hydrogen-bond acceptors (Lipinski definition) is 6. The Bertz CT molecular complexity index is 1590. The molecule has 218 valence electrons. The normalized spacial score (nSPS) is 17.9. The molecule has 1 saturated heterocycles. The van der Waals surface area contributed by atoms with E-state index in [2.05, 4.69) is 27.8 Å². The van der Waals surface area contributed by atoms with E-state index < -0.39 is 16.4 Å². The Labute approximate surface area is 246 Å². The van der Waals surface area contributed by atoms with Crippen molar-refractivity contribution in [3.8, 4) is 11.5 Å². The van der Waals surface area contributed by atoms with Gasteiger partial charge in [-0.2, -0.15) is 0 Å². The van der Waals surface area contributed by atoms with Crippen LogP contribution >= 0.6 is 0 Å². The van der Waals surface area contributed by atoms with Crippen LogP contribution in [-0.2, 0) is 20.6 Å². The van der Waals surface area contributed by atoms with E-state index in [1.807, 2.05) is 16.4 Å². The molecule has 4 aromatic rings. The summed E-state index contributed by atoms with van der Waals surface area (Å²) in [6.45, 7) is 1.64. The number of aldehydes is 1. The van der Waals surface area contributed by atoms with E-state index in [9.17, 15) is 18.2 Å². The number of rotatable bonds is 8. The molecule has 6 rings (SSSR count). The van der Waals surface area contributed by atoms with Gasteiger partial charge in [-0.05, 0) is 97.5 Å². The highest BCUT2D eigenvalue weighted by molar-refractivity contribution is 7.81. The largest absolute Gasteiger partial charge is 0.457 e. The van der Waals surface area contributed by atoms with Crippen LogP contribution in [0.4, 0.5) is 15.8 Å². The minimum absolute atomic E-state index is 0.200. The molecule has 1 amide bonds. The zero-order valence-corrected chi connectivity index (χ0v) is 24.3. The van der Waals surface area contributed by atoms with Gasteiger partial charge in [0.15, 0.2) is 0 Å². The van der Waals surface area contributed by atoms with Crippen LogP contribution < -0.4 is 15.4 Å². The van der Waals surface area contributed by atoms with Crippen LogP contribution in [0.2, 0.25) is 0 Å². The van der Waals surface area contributed by atoms with Gasteiger partial charge in [-0.1, -0.05) is 6.07 Å². The number of nitrogens with zero attached hydrogens (tertiary/aromatic N) is 2. The highest BCUT2D eigenvalue weighted by atomic mass is 32.2. The minimum Gasteiger partial charge on any atom is -0.457 e. The van der Waals surface area contributed by atoms with Crippen molar-refractivity contribution >= 4 is 45.5 Å². The molecule has 8 nitrogen and oxygen atoms in total. The molecule has 0 bridgehead atoms. The number of anilines is 2. The standard InChI is InChI=1S/C25H25N3O4S.C7H8FN/c1-33(31)28-13-9-18(15-28)17-2-7-21-22(14-17)26-12-8-23(21)32-20-5-3-19(4-6-20)27-24(30)25(16-29)10-11-25;1-9-7-4-2-6(8)3-5-7/h2-8,12,14,16,18H,9-11,13,15H2,1H3,(H,27,30);2-5,9H,1H3. The van der Waals surface area contributed by atoms with Crippen LogP contribution in [0.15, 0.2) is 79.0 Å². The molecule has 42 heavy (non-hydrogen) atoms. The van der Waals surface area contributed by atoms with Gasteiger partial charge < -0.3 is 20.2 Å². The van der Waals surface area contributed by atoms with Crippen LogP contribution in [-0.4, -0.2) is 52.1 Å². The Morgan fingerprint density at radius 3 is 2.40 bits per heavy atom. The van der Waals surface area contributed by atoms with Crippen LogP contribution in [0.1, 0.15) is 30.7 Å². The van der Waals surface area contributed by atoms with Gasteiger partial charge in [0, 0.05) is 49.4 Å². The van der Waals surface area contributed by atoms with E-state index in [1.165, 1.54) is 17.7 Å². The second-order valence-corrected chi connectivity index (χ2v) is 11.9. The molecule has 0 spiro atoms. The number of ether oxygens (including phenoxy) is 1. The molecule has 0 radical (unpaired) electrons. The molecule has 2 fully saturated rings. The quantitative estimate of drug-likeness (QED) is 0.197. The summed E-state index contributed by atoms with van der Waals surface area (Å²) in [7, 11) is 0.862. The predicted octanol–water partition coefficient (Wildman–Crippen LogP) is 5.89. The molecule has 2 unspecified atom stereocenters. The van der Waals surface area contributed by atoms with E-state index in [4.69, 9.17) is 4.74 Å². The second-order valence-electron chi connectivity index (χ2n) is 10.5. The molecule has 1 aliphatic heterocycles. The Balaban J connectivity index is 0.000000336. The minimum atomic E-state index is -0.937. The average Bonchev–Trinajstić information content (AvgIpc) is 3.66. The number of benzene rings is 3. The molecular weight excluding hydrogens is 555 g/mol. The maximum atomic E-state index is 12.2. The van der Waals surface area contributed by atoms with Crippen molar-refractivity contribution in [2.45, 2.75) is 25.2 Å². The molecule has 10 heteroatoms. The summed E-state index contributed by atoms with van der Waals surface area (Å²) >= 11 is 0. The fourth-order valence-electron chi connectivity index (χ4n) is 4.85. The first kappa shape index (κ1) is 29.3. The Morgan fingerprint density at radius 2 is 1.79 bits per heavy atom. The lowest BCUT2D eigenvalue weighted by atomic mass is 9.97. The van der Waals surface area contributed by atoms with Crippen LogP contribution in [0, 0.1) is 11.2 Å². The third-order valence-corrected chi connectivity index (χ3v) is 8.71. The maximum Gasteiger partial charge on any atom is 0.237 e. The predicted molar refractivity (Wildman–Crippen MR) is 164 cm³/mol. The van der Waals surface area contributed by atoms with Crippen molar-refractivity contribution in [2.24, 2.45) is 5.41 Å². The number of aromatic nitrogens is 1. The highest BCUT2D eigenvalue weighted by Gasteiger charge is 2.50. The summed E-state index contributed by atoms with van der Waals surface area (Å²) in [4.78, 5) is 27.9. The summed E-state index contributed by atoms with van der Waals surface area (Å²) in [6.07, 6.45) is 6.40. The van der Waals surface area contributed by atoms with Crippen LogP contribution in [0.5, 0.6) is 11.5 Å². The Kier molecular flexibility index (Phi) is 8.94. The lowest BCUT2D eigenvalue weighted by molar-refractivity contribution is -0.126. The van der Waals surface area contributed by atoms with Gasteiger partial charge in [-0.15, -0.1) is 0 Å². The van der Waals surface area contributed by atoms with Crippen molar-refractivity contribution in [1.29, 1.82) is 0 Å². The Hall–Kier alpha value is -4.15. The first-order valence-electron chi connectivity index (χ1n) is 13.8. The van der Waals surface area contributed by atoms with Crippen molar-refractivity contribution in [3.63, 3.8) is 0 Å². The number of fused-ring (bicyclic) bond motifs is 1. The SMILES string of the molecule is CNc1ccc(F)cc1.CS(=O)N1CCC(c2ccc3c(Oc4ccc(NC(=O)C5(C=O)CC5)cc4)ccnc3c2)C1. The molecular formula is C32H33FN4O4S. The highest BCUT2D eigenvalue weighted by Crippen LogP contribution is 2.44. The van der Waals surface area contributed by atoms with Gasteiger partial charge >= 0.3 is 0 Å². The molecule has 2 N–H and O–H groups in total. The van der Waals surface area contributed by atoms with Gasteiger partial charge in [0.1, 0.15) is 29.0 Å². The van der Waals surface area contributed by atoms with Gasteiger partial charge in [-0.25, -0.2) is 12.9 Å². The summed E-state index contributed by atoms with van der Waals surface area (Å²) in [5.74, 6) is 1.23. The first-order valence-corrected chi connectivity index (χ1v) is 15.3. The molecule has 1 saturated carbocycles. The van der Waals surface area contributed by atoms with E-state index in [1.54, 1.807) is 55.9 Å². The van der Waals surface area contributed by atoms with E-state index >= 15 is 0 Å². The maximum absolute atomic E-state index is 12.2. The molecule has 1 aliphatic carbocycles. The van der Waals surface area contributed by atoms with E-state index in [0.717, 1.165) is 42.4 Å². The smallest absolute Gasteiger partial charge is 0.237 e. The number of carbonyl (C=O) groups excluding carboxylic acids is 2. The van der Waals surface area contributed by atoms with Gasteiger partial charge in [0.05, 0.1) is 16.5 Å². The molecule has 1 aromatic heterocycles. The van der Waals surface area contributed by atoms with Crippen molar-refractivity contribution in [3.05, 3.63) is 90.4 Å². The van der Waals surface area contributed by atoms with Crippen LogP contribution in [0.3, 0.4) is 0 Å². The third-order valence-electron chi connectivity index (χ3n) is 7.65. The van der Waals surface area contributed by atoms with E-state index in [0.29, 0.717) is 35.9 Å². The summed E-state index contributed by atoms with van der Waals surface area (Å²) in [5.41, 5.74) is 2.77. The summed E-state index contributed by atoms with van der Waals surface area (Å²) in [5, 5.41) is 6.60. The zero-order valence-electron chi connectivity index (χ0n) is 23.5. The number of pyridine rings is 1. The Morgan fingerprint density at radius 1 is 1.07 bits per heavy atom. The molecule has 2 aliphatic rings. The molecule has 3 aromatic carbocycles. The zero-order chi connectivity index (χ0) is 29.7. The molecule has 2 atom stereocenters. The average molecular weight is 589 g/mol. The van der Waals surface area contributed by atoms with Gasteiger partial charge in [0.25, 0.3) is 0 Å². The lowest BCUT2D eigenvalue weighted by Crippen LogP contribution is -2.25. The van der Waals surface area contributed by atoms with E-state index in [-0.39, 0.29) is 11.7 Å². The summed E-state index contributed by atoms with van der Waals surface area (Å²) in [6, 6.07) is 21.4. The number of carbonyl (C=O) groups is 2. The van der Waals surface area contributed by atoms with Crippen LogP contribution in [0.25, 0.3) is 10.9 Å². The first-order chi connectivity index (χ1) is 20.3. The second kappa shape index (κ2) is 12.8. The fourth-order valence-corrected chi connectivity index (χ4v) is 5.61. The number of hydrogen-bond donors (Lipinski definition) is 2. The van der Waals surface area contributed by atoms with Crippen molar-refractivity contribution in [2.75, 3.05) is 37.0 Å². The monoisotopic (exact) mass is 588 g/mol. The molecule has 2 heterocycles. The summed E-state index contributed by atoms with van der Waals surface area (Å²) < 4.78 is 32.1.